The molecule has 0 aromatic heterocycles. The quantitative estimate of drug-likeness (QED) is 0.620. The van der Waals surface area contributed by atoms with Crippen LogP contribution in [0.2, 0.25) is 0 Å². The first kappa shape index (κ1) is 16.3. The number of ether oxygens (including phenoxy) is 1. The zero-order valence-corrected chi connectivity index (χ0v) is 12.6. The molecule has 1 aromatic rings. The van der Waals surface area contributed by atoms with E-state index in [1.54, 1.807) is 12.1 Å². The molecule has 1 fully saturated rings. The van der Waals surface area contributed by atoms with Crippen LogP contribution in [0, 0.1) is 16.0 Å². The van der Waals surface area contributed by atoms with Gasteiger partial charge in [-0.05, 0) is 18.4 Å². The third-order valence-electron chi connectivity index (χ3n) is 4.02. The lowest BCUT2D eigenvalue weighted by Crippen LogP contribution is -2.31. The summed E-state index contributed by atoms with van der Waals surface area (Å²) in [6, 6.07) is 6.06. The van der Waals surface area contributed by atoms with E-state index < -0.39 is 4.92 Å². The molecule has 1 amide bonds. The zero-order chi connectivity index (χ0) is 15.8. The van der Waals surface area contributed by atoms with Crippen LogP contribution in [0.4, 0.5) is 5.69 Å². The molecule has 2 rings (SSSR count). The normalized spacial score (nSPS) is 15.3. The van der Waals surface area contributed by atoms with Gasteiger partial charge in [-0.15, -0.1) is 0 Å². The topological polar surface area (TPSA) is 81.5 Å². The number of rotatable bonds is 7. The van der Waals surface area contributed by atoms with Crippen molar-refractivity contribution in [1.29, 1.82) is 0 Å². The van der Waals surface area contributed by atoms with Gasteiger partial charge in [0.05, 0.1) is 4.92 Å². The van der Waals surface area contributed by atoms with Crippen molar-refractivity contribution in [1.82, 2.24) is 5.32 Å². The average molecular weight is 306 g/mol. The minimum Gasteiger partial charge on any atom is -0.477 e. The highest BCUT2D eigenvalue weighted by atomic mass is 16.6. The Morgan fingerprint density at radius 3 is 2.73 bits per heavy atom. The Bertz CT molecular complexity index is 513. The van der Waals surface area contributed by atoms with Crippen molar-refractivity contribution in [3.63, 3.8) is 0 Å². The second-order valence-corrected chi connectivity index (χ2v) is 5.66. The van der Waals surface area contributed by atoms with Crippen LogP contribution < -0.4 is 10.1 Å². The fourth-order valence-electron chi connectivity index (χ4n) is 2.82. The number of carbonyl (C=O) groups excluding carboxylic acids is 1. The Hall–Kier alpha value is -2.11. The molecular weight excluding hydrogens is 284 g/mol. The molecule has 0 aliphatic heterocycles. The Kier molecular flexibility index (Phi) is 6.18. The maximum atomic E-state index is 11.7. The van der Waals surface area contributed by atoms with Crippen LogP contribution in [0.1, 0.15) is 38.5 Å². The van der Waals surface area contributed by atoms with Crippen LogP contribution in [-0.2, 0) is 4.79 Å². The first-order valence-electron chi connectivity index (χ1n) is 7.79. The van der Waals surface area contributed by atoms with Gasteiger partial charge in [0.2, 0.25) is 0 Å². The number of carbonyl (C=O) groups is 1. The minimum absolute atomic E-state index is 0.120. The van der Waals surface area contributed by atoms with E-state index in [0.717, 1.165) is 6.42 Å². The lowest BCUT2D eigenvalue weighted by atomic mass is 9.87. The lowest BCUT2D eigenvalue weighted by Gasteiger charge is -2.21. The van der Waals surface area contributed by atoms with E-state index in [2.05, 4.69) is 5.32 Å². The van der Waals surface area contributed by atoms with E-state index in [4.69, 9.17) is 4.74 Å². The third-order valence-corrected chi connectivity index (χ3v) is 4.02. The molecule has 120 valence electrons. The summed E-state index contributed by atoms with van der Waals surface area (Å²) in [4.78, 5) is 22.1. The van der Waals surface area contributed by atoms with Crippen molar-refractivity contribution >= 4 is 11.6 Å². The summed E-state index contributed by atoms with van der Waals surface area (Å²) in [5.41, 5.74) is -0.127. The van der Waals surface area contributed by atoms with Crippen molar-refractivity contribution in [2.75, 3.05) is 13.2 Å². The summed E-state index contributed by atoms with van der Waals surface area (Å²) in [5, 5.41) is 13.7. The maximum absolute atomic E-state index is 11.7. The molecular formula is C16H22N2O4. The number of amides is 1. The number of hydrogen-bond donors (Lipinski definition) is 1. The summed E-state index contributed by atoms with van der Waals surface area (Å²) >= 11 is 0. The largest absolute Gasteiger partial charge is 0.477 e. The van der Waals surface area contributed by atoms with Gasteiger partial charge in [-0.1, -0.05) is 44.2 Å². The summed E-state index contributed by atoms with van der Waals surface area (Å²) in [7, 11) is 0. The Labute approximate surface area is 130 Å². The predicted molar refractivity (Wildman–Crippen MR) is 82.8 cm³/mol. The lowest BCUT2D eigenvalue weighted by molar-refractivity contribution is -0.385. The molecule has 1 aromatic carbocycles. The van der Waals surface area contributed by atoms with Gasteiger partial charge in [0.25, 0.3) is 5.91 Å². The number of para-hydroxylation sites is 2. The molecule has 1 aliphatic carbocycles. The van der Waals surface area contributed by atoms with Crippen molar-refractivity contribution in [3.05, 3.63) is 34.4 Å². The Morgan fingerprint density at radius 2 is 2.00 bits per heavy atom. The third kappa shape index (κ3) is 5.02. The zero-order valence-electron chi connectivity index (χ0n) is 12.6. The summed E-state index contributed by atoms with van der Waals surface area (Å²) < 4.78 is 5.25. The Balaban J connectivity index is 1.70. The summed E-state index contributed by atoms with van der Waals surface area (Å²) in [6.07, 6.45) is 7.41. The van der Waals surface area contributed by atoms with Crippen LogP contribution in [0.15, 0.2) is 24.3 Å². The van der Waals surface area contributed by atoms with Gasteiger partial charge < -0.3 is 10.1 Å². The van der Waals surface area contributed by atoms with Crippen LogP contribution in [0.5, 0.6) is 5.75 Å². The van der Waals surface area contributed by atoms with Gasteiger partial charge in [0, 0.05) is 12.6 Å². The summed E-state index contributed by atoms with van der Waals surface area (Å²) in [5.74, 6) is 0.592. The van der Waals surface area contributed by atoms with Crippen LogP contribution in [-0.4, -0.2) is 24.0 Å². The first-order valence-corrected chi connectivity index (χ1v) is 7.79. The van der Waals surface area contributed by atoms with Gasteiger partial charge >= 0.3 is 5.69 Å². The van der Waals surface area contributed by atoms with E-state index >= 15 is 0 Å². The number of nitrogens with one attached hydrogen (secondary N) is 1. The van der Waals surface area contributed by atoms with Crippen molar-refractivity contribution < 1.29 is 14.5 Å². The molecule has 0 bridgehead atoms. The van der Waals surface area contributed by atoms with Crippen molar-refractivity contribution in [3.8, 4) is 5.75 Å². The van der Waals surface area contributed by atoms with E-state index in [-0.39, 0.29) is 24.0 Å². The molecule has 0 saturated heterocycles. The molecule has 0 atom stereocenters. The number of nitrogens with zero attached hydrogens (tertiary/aromatic N) is 1. The number of hydrogen-bond acceptors (Lipinski definition) is 4. The molecule has 0 unspecified atom stereocenters. The average Bonchev–Trinajstić information content (AvgIpc) is 2.54. The first-order chi connectivity index (χ1) is 10.7. The molecule has 22 heavy (non-hydrogen) atoms. The van der Waals surface area contributed by atoms with Crippen molar-refractivity contribution in [2.24, 2.45) is 5.92 Å². The predicted octanol–water partition coefficient (Wildman–Crippen LogP) is 3.06. The van der Waals surface area contributed by atoms with Gasteiger partial charge in [-0.2, -0.15) is 0 Å². The molecule has 0 heterocycles. The molecule has 1 aliphatic rings. The molecule has 6 heteroatoms. The highest BCUT2D eigenvalue weighted by Gasteiger charge is 2.16. The summed E-state index contributed by atoms with van der Waals surface area (Å²) in [6.45, 7) is 0.444. The van der Waals surface area contributed by atoms with E-state index in [9.17, 15) is 14.9 Å². The van der Waals surface area contributed by atoms with Gasteiger partial charge in [0.1, 0.15) is 0 Å². The van der Waals surface area contributed by atoms with Gasteiger partial charge in [-0.3, -0.25) is 14.9 Å². The van der Waals surface area contributed by atoms with Crippen LogP contribution >= 0.6 is 0 Å². The molecule has 0 spiro atoms. The van der Waals surface area contributed by atoms with E-state index in [0.29, 0.717) is 12.5 Å². The van der Waals surface area contributed by atoms with E-state index in [1.807, 2.05) is 0 Å². The smallest absolute Gasteiger partial charge is 0.310 e. The molecule has 1 saturated carbocycles. The second-order valence-electron chi connectivity index (χ2n) is 5.66. The highest BCUT2D eigenvalue weighted by Crippen LogP contribution is 2.26. The second kappa shape index (κ2) is 8.36. The van der Waals surface area contributed by atoms with Crippen LogP contribution in [0.3, 0.4) is 0 Å². The monoisotopic (exact) mass is 306 g/mol. The molecule has 0 radical (unpaired) electrons. The van der Waals surface area contributed by atoms with E-state index in [1.165, 1.54) is 44.2 Å². The fourth-order valence-corrected chi connectivity index (χ4v) is 2.82. The molecule has 1 N–H and O–H groups in total. The standard InChI is InChI=1S/C16H22N2O4/c19-16(17-11-10-13-6-2-1-3-7-13)12-22-15-9-5-4-8-14(15)18(20)21/h4-5,8-9,13H,1-3,6-7,10-12H2,(H,17,19). The number of nitro benzene ring substituents is 1. The number of benzene rings is 1. The maximum Gasteiger partial charge on any atom is 0.310 e. The van der Waals surface area contributed by atoms with Gasteiger partial charge in [-0.25, -0.2) is 0 Å². The van der Waals surface area contributed by atoms with Crippen molar-refractivity contribution in [2.45, 2.75) is 38.5 Å². The number of nitro groups is 1. The van der Waals surface area contributed by atoms with Gasteiger partial charge in [0.15, 0.2) is 12.4 Å². The SMILES string of the molecule is O=C(COc1ccccc1[N+](=O)[O-])NCCC1CCCCC1. The highest BCUT2D eigenvalue weighted by molar-refractivity contribution is 5.77. The van der Waals surface area contributed by atoms with Crippen LogP contribution in [0.25, 0.3) is 0 Å². The fraction of sp³-hybridized carbons (Fsp3) is 0.562. The molecule has 6 nitrogen and oxygen atoms in total. The Morgan fingerprint density at radius 1 is 1.27 bits per heavy atom. The minimum atomic E-state index is -0.518.